The van der Waals surface area contributed by atoms with E-state index in [1.165, 1.54) is 4.90 Å². The van der Waals surface area contributed by atoms with Crippen molar-refractivity contribution < 1.29 is 32.3 Å². The lowest BCUT2D eigenvalue weighted by atomic mass is 10.0. The molecule has 0 saturated carbocycles. The van der Waals surface area contributed by atoms with E-state index in [-0.39, 0.29) is 18.9 Å². The second kappa shape index (κ2) is 6.32. The first-order chi connectivity index (χ1) is 13.2. The van der Waals surface area contributed by atoms with Crippen LogP contribution in [0.25, 0.3) is 0 Å². The lowest BCUT2D eigenvalue weighted by molar-refractivity contribution is -0.136. The summed E-state index contributed by atoms with van der Waals surface area (Å²) in [6, 6.07) is -1.59. The van der Waals surface area contributed by atoms with E-state index in [1.54, 1.807) is 6.92 Å². The van der Waals surface area contributed by atoms with Gasteiger partial charge in [0.1, 0.15) is 6.04 Å². The standard InChI is InChI=1S/C18H16F3N3O4/c1-7-3-2-6-23(7)15-11-10(12(19)13(20)14(15)21)17(27)24(18(11)28)8-4-5-9(25)22-16(8)26/h7-8H,2-6H2,1H3,(H,22,25,26). The summed E-state index contributed by atoms with van der Waals surface area (Å²) >= 11 is 0. The van der Waals surface area contributed by atoms with Crippen LogP contribution < -0.4 is 10.2 Å². The SMILES string of the molecule is CC1CCCN1c1c(F)c(F)c(F)c2c1C(=O)N(C1CCC(=O)NC1=O)C2=O. The molecule has 2 fully saturated rings. The molecule has 3 heterocycles. The molecule has 1 aromatic rings. The van der Waals surface area contributed by atoms with Gasteiger partial charge in [-0.2, -0.15) is 0 Å². The number of nitrogens with one attached hydrogen (secondary N) is 1. The van der Waals surface area contributed by atoms with Crippen LogP contribution in [0.3, 0.4) is 0 Å². The first kappa shape index (κ1) is 18.5. The maximum absolute atomic E-state index is 14.7. The van der Waals surface area contributed by atoms with Gasteiger partial charge in [0.05, 0.1) is 16.8 Å². The van der Waals surface area contributed by atoms with Crippen LogP contribution in [0.1, 0.15) is 53.3 Å². The maximum atomic E-state index is 14.7. The summed E-state index contributed by atoms with van der Waals surface area (Å²) in [5.41, 5.74) is -1.89. The Morgan fingerprint density at radius 1 is 0.929 bits per heavy atom. The van der Waals surface area contributed by atoms with Crippen LogP contribution in [0.5, 0.6) is 0 Å². The Morgan fingerprint density at radius 3 is 2.21 bits per heavy atom. The van der Waals surface area contributed by atoms with Crippen LogP contribution in [0, 0.1) is 17.5 Å². The minimum absolute atomic E-state index is 0.120. The third-order valence-corrected chi connectivity index (χ3v) is 5.53. The van der Waals surface area contributed by atoms with Gasteiger partial charge in [-0.05, 0) is 26.2 Å². The summed E-state index contributed by atoms with van der Waals surface area (Å²) in [5.74, 6) is -8.84. The molecule has 0 aromatic heterocycles. The smallest absolute Gasteiger partial charge is 0.265 e. The zero-order chi connectivity index (χ0) is 20.3. The number of carbonyl (C=O) groups excluding carboxylic acids is 4. The average Bonchev–Trinajstić information content (AvgIpc) is 3.16. The molecule has 3 aliphatic rings. The molecule has 28 heavy (non-hydrogen) atoms. The molecular weight excluding hydrogens is 379 g/mol. The van der Waals surface area contributed by atoms with Crippen molar-refractivity contribution in [2.75, 3.05) is 11.4 Å². The van der Waals surface area contributed by atoms with Crippen molar-refractivity contribution in [3.63, 3.8) is 0 Å². The fourth-order valence-electron chi connectivity index (χ4n) is 4.14. The number of hydrogen-bond donors (Lipinski definition) is 1. The molecule has 0 aliphatic carbocycles. The zero-order valence-corrected chi connectivity index (χ0v) is 14.9. The summed E-state index contributed by atoms with van der Waals surface area (Å²) in [5, 5.41) is 2.01. The minimum atomic E-state index is -1.83. The highest BCUT2D eigenvalue weighted by molar-refractivity contribution is 6.25. The van der Waals surface area contributed by atoms with Crippen LogP contribution in [0.2, 0.25) is 0 Å². The molecule has 148 valence electrons. The van der Waals surface area contributed by atoms with Crippen molar-refractivity contribution in [2.45, 2.75) is 44.7 Å². The van der Waals surface area contributed by atoms with E-state index in [4.69, 9.17) is 0 Å². The molecule has 7 nitrogen and oxygen atoms in total. The van der Waals surface area contributed by atoms with Crippen molar-refractivity contribution in [3.8, 4) is 0 Å². The summed E-state index contributed by atoms with van der Waals surface area (Å²) < 4.78 is 43.4. The molecule has 3 aliphatic heterocycles. The first-order valence-electron chi connectivity index (χ1n) is 8.92. The van der Waals surface area contributed by atoms with Gasteiger partial charge in [-0.1, -0.05) is 0 Å². The molecule has 0 bridgehead atoms. The third kappa shape index (κ3) is 2.43. The van der Waals surface area contributed by atoms with E-state index in [1.807, 2.05) is 5.32 Å². The number of benzene rings is 1. The van der Waals surface area contributed by atoms with E-state index in [9.17, 15) is 32.3 Å². The highest BCUT2D eigenvalue weighted by Gasteiger charge is 2.50. The Morgan fingerprint density at radius 2 is 1.61 bits per heavy atom. The van der Waals surface area contributed by atoms with Gasteiger partial charge in [0.25, 0.3) is 11.8 Å². The van der Waals surface area contributed by atoms with Crippen molar-refractivity contribution >= 4 is 29.3 Å². The van der Waals surface area contributed by atoms with Crippen LogP contribution in [-0.4, -0.2) is 47.2 Å². The molecule has 0 radical (unpaired) electrons. The Kier molecular flexibility index (Phi) is 4.16. The summed E-state index contributed by atoms with van der Waals surface area (Å²) in [7, 11) is 0. The Hall–Kier alpha value is -2.91. The number of nitrogens with zero attached hydrogens (tertiary/aromatic N) is 2. The van der Waals surface area contributed by atoms with Gasteiger partial charge in [0.15, 0.2) is 17.5 Å². The molecule has 1 aromatic carbocycles. The Balaban J connectivity index is 1.87. The largest absolute Gasteiger partial charge is 0.366 e. The predicted molar refractivity (Wildman–Crippen MR) is 89.0 cm³/mol. The second-order valence-electron chi connectivity index (χ2n) is 7.17. The fraction of sp³-hybridized carbons (Fsp3) is 0.444. The lowest BCUT2D eigenvalue weighted by Gasteiger charge is -2.28. The minimum Gasteiger partial charge on any atom is -0.366 e. The quantitative estimate of drug-likeness (QED) is 0.606. The molecule has 2 saturated heterocycles. The predicted octanol–water partition coefficient (Wildman–Crippen LogP) is 1.49. The third-order valence-electron chi connectivity index (χ3n) is 5.53. The van der Waals surface area contributed by atoms with Crippen molar-refractivity contribution in [1.82, 2.24) is 10.2 Å². The van der Waals surface area contributed by atoms with Crippen molar-refractivity contribution in [3.05, 3.63) is 28.6 Å². The zero-order valence-electron chi connectivity index (χ0n) is 14.9. The van der Waals surface area contributed by atoms with E-state index >= 15 is 0 Å². The monoisotopic (exact) mass is 395 g/mol. The summed E-state index contributed by atoms with van der Waals surface area (Å²) in [6.07, 6.45) is 1.06. The van der Waals surface area contributed by atoms with E-state index < -0.39 is 63.9 Å². The highest BCUT2D eigenvalue weighted by Crippen LogP contribution is 2.41. The van der Waals surface area contributed by atoms with Gasteiger partial charge < -0.3 is 4.90 Å². The second-order valence-corrected chi connectivity index (χ2v) is 7.17. The van der Waals surface area contributed by atoms with Crippen LogP contribution in [0.15, 0.2) is 0 Å². The van der Waals surface area contributed by atoms with Crippen LogP contribution in [-0.2, 0) is 9.59 Å². The Labute approximate surface area is 157 Å². The van der Waals surface area contributed by atoms with Gasteiger partial charge in [-0.3, -0.25) is 29.4 Å². The maximum Gasteiger partial charge on any atom is 0.265 e. The Bertz CT molecular complexity index is 949. The average molecular weight is 395 g/mol. The highest BCUT2D eigenvalue weighted by atomic mass is 19.2. The molecule has 10 heteroatoms. The van der Waals surface area contributed by atoms with E-state index in [0.29, 0.717) is 24.3 Å². The summed E-state index contributed by atoms with van der Waals surface area (Å²) in [4.78, 5) is 51.1. The number of hydrogen-bond acceptors (Lipinski definition) is 5. The lowest BCUT2D eigenvalue weighted by Crippen LogP contribution is -2.54. The van der Waals surface area contributed by atoms with Gasteiger partial charge in [-0.25, -0.2) is 13.2 Å². The molecule has 4 amide bonds. The topological polar surface area (TPSA) is 86.8 Å². The number of rotatable bonds is 2. The number of piperidine rings is 1. The number of amides is 4. The summed E-state index contributed by atoms with van der Waals surface area (Å²) in [6.45, 7) is 2.06. The van der Waals surface area contributed by atoms with Gasteiger partial charge in [-0.15, -0.1) is 0 Å². The fourth-order valence-corrected chi connectivity index (χ4v) is 4.14. The molecule has 2 unspecified atom stereocenters. The molecule has 1 N–H and O–H groups in total. The normalized spacial score (nSPS) is 24.9. The van der Waals surface area contributed by atoms with Gasteiger partial charge in [0.2, 0.25) is 11.8 Å². The number of fused-ring (bicyclic) bond motifs is 1. The molecule has 2 atom stereocenters. The van der Waals surface area contributed by atoms with E-state index in [0.717, 1.165) is 0 Å². The van der Waals surface area contributed by atoms with Gasteiger partial charge >= 0.3 is 0 Å². The van der Waals surface area contributed by atoms with Crippen LogP contribution in [0.4, 0.5) is 18.9 Å². The van der Waals surface area contributed by atoms with E-state index in [2.05, 4.69) is 0 Å². The molecular formula is C18H16F3N3O4. The number of anilines is 1. The van der Waals surface area contributed by atoms with Crippen molar-refractivity contribution in [2.24, 2.45) is 0 Å². The van der Waals surface area contributed by atoms with Gasteiger partial charge in [0, 0.05) is 19.0 Å². The van der Waals surface area contributed by atoms with Crippen molar-refractivity contribution in [1.29, 1.82) is 0 Å². The number of halogens is 3. The first-order valence-corrected chi connectivity index (χ1v) is 8.92. The number of carbonyl (C=O) groups is 4. The van der Waals surface area contributed by atoms with Crippen LogP contribution >= 0.6 is 0 Å². The molecule has 4 rings (SSSR count). The number of imide groups is 2. The molecule has 0 spiro atoms.